The number of ether oxygens (including phenoxy) is 2. The average Bonchev–Trinajstić information content (AvgIpc) is 3.11. The van der Waals surface area contributed by atoms with Gasteiger partial charge in [-0.3, -0.25) is 9.59 Å². The summed E-state index contributed by atoms with van der Waals surface area (Å²) in [5.41, 5.74) is 0.512. The Hall–Kier alpha value is -2.08. The molecule has 2 amide bonds. The second kappa shape index (κ2) is 9.27. The maximum absolute atomic E-state index is 12.3. The standard InChI is InChI=1S/C18H26N2O4/c1-3-20(12-14-9-10-23-13-14)17(21)11-19-18(22)15-5-7-16(8-6-15)24-4-2/h5-8,14H,3-4,9-13H2,1-2H3,(H,19,22)/t14-/m1/s1. The van der Waals surface area contributed by atoms with Crippen molar-refractivity contribution in [2.24, 2.45) is 5.92 Å². The zero-order chi connectivity index (χ0) is 17.4. The highest BCUT2D eigenvalue weighted by atomic mass is 16.5. The van der Waals surface area contributed by atoms with Crippen LogP contribution in [0.2, 0.25) is 0 Å². The monoisotopic (exact) mass is 334 g/mol. The minimum atomic E-state index is -0.258. The van der Waals surface area contributed by atoms with E-state index in [0.29, 0.717) is 37.8 Å². The maximum atomic E-state index is 12.3. The molecule has 1 heterocycles. The van der Waals surface area contributed by atoms with Gasteiger partial charge in [0.15, 0.2) is 0 Å². The normalized spacial score (nSPS) is 16.7. The summed E-state index contributed by atoms with van der Waals surface area (Å²) in [4.78, 5) is 26.2. The molecule has 0 unspecified atom stereocenters. The molecule has 1 saturated heterocycles. The van der Waals surface area contributed by atoms with Crippen molar-refractivity contribution in [1.82, 2.24) is 10.2 Å². The largest absolute Gasteiger partial charge is 0.494 e. The predicted octanol–water partition coefficient (Wildman–Crippen LogP) is 1.70. The van der Waals surface area contributed by atoms with Crippen LogP contribution >= 0.6 is 0 Å². The minimum absolute atomic E-state index is 0.00740. The predicted molar refractivity (Wildman–Crippen MR) is 91.1 cm³/mol. The lowest BCUT2D eigenvalue weighted by atomic mass is 10.1. The molecule has 0 spiro atoms. The summed E-state index contributed by atoms with van der Waals surface area (Å²) in [6, 6.07) is 6.88. The second-order valence-electron chi connectivity index (χ2n) is 5.80. The summed E-state index contributed by atoms with van der Waals surface area (Å²) >= 11 is 0. The molecular weight excluding hydrogens is 308 g/mol. The third-order valence-corrected chi connectivity index (χ3v) is 4.06. The lowest BCUT2D eigenvalue weighted by Crippen LogP contribution is -2.42. The van der Waals surface area contributed by atoms with Crippen molar-refractivity contribution < 1.29 is 19.1 Å². The first-order valence-electron chi connectivity index (χ1n) is 8.50. The van der Waals surface area contributed by atoms with E-state index >= 15 is 0 Å². The number of carbonyl (C=O) groups is 2. The number of nitrogens with one attached hydrogen (secondary N) is 1. The zero-order valence-corrected chi connectivity index (χ0v) is 14.4. The van der Waals surface area contributed by atoms with Crippen LogP contribution in [-0.2, 0) is 9.53 Å². The quantitative estimate of drug-likeness (QED) is 0.786. The van der Waals surface area contributed by atoms with Crippen LogP contribution in [0.5, 0.6) is 5.75 Å². The summed E-state index contributed by atoms with van der Waals surface area (Å²) in [5.74, 6) is 0.798. The Balaban J connectivity index is 1.81. The SMILES string of the molecule is CCOc1ccc(C(=O)NCC(=O)N(CC)C[C@H]2CCOC2)cc1. The van der Waals surface area contributed by atoms with E-state index in [1.54, 1.807) is 29.2 Å². The van der Waals surface area contributed by atoms with Crippen molar-refractivity contribution >= 4 is 11.8 Å². The maximum Gasteiger partial charge on any atom is 0.251 e. The van der Waals surface area contributed by atoms with E-state index in [9.17, 15) is 9.59 Å². The van der Waals surface area contributed by atoms with Crippen molar-refractivity contribution in [1.29, 1.82) is 0 Å². The average molecular weight is 334 g/mol. The molecule has 1 aromatic rings. The van der Waals surface area contributed by atoms with Crippen LogP contribution in [0.15, 0.2) is 24.3 Å². The van der Waals surface area contributed by atoms with Crippen LogP contribution in [0.25, 0.3) is 0 Å². The molecule has 0 aliphatic carbocycles. The molecule has 1 aliphatic rings. The van der Waals surface area contributed by atoms with Gasteiger partial charge in [-0.1, -0.05) is 0 Å². The molecule has 1 fully saturated rings. The fourth-order valence-electron chi connectivity index (χ4n) is 2.69. The molecule has 0 saturated carbocycles. The van der Waals surface area contributed by atoms with E-state index in [-0.39, 0.29) is 18.4 Å². The van der Waals surface area contributed by atoms with E-state index in [4.69, 9.17) is 9.47 Å². The first-order valence-corrected chi connectivity index (χ1v) is 8.50. The van der Waals surface area contributed by atoms with Gasteiger partial charge in [-0.05, 0) is 44.5 Å². The van der Waals surface area contributed by atoms with Crippen molar-refractivity contribution in [2.45, 2.75) is 20.3 Å². The van der Waals surface area contributed by atoms with Gasteiger partial charge in [0.25, 0.3) is 5.91 Å². The number of amides is 2. The van der Waals surface area contributed by atoms with Gasteiger partial charge >= 0.3 is 0 Å². The first-order chi connectivity index (χ1) is 11.6. The van der Waals surface area contributed by atoms with Gasteiger partial charge in [0, 0.05) is 31.2 Å². The number of benzene rings is 1. The molecule has 1 N–H and O–H groups in total. The highest BCUT2D eigenvalue weighted by Gasteiger charge is 2.21. The molecule has 2 rings (SSSR count). The van der Waals surface area contributed by atoms with Gasteiger partial charge in [0.05, 0.1) is 19.8 Å². The molecule has 0 bridgehead atoms. The van der Waals surface area contributed by atoms with Crippen LogP contribution in [0.1, 0.15) is 30.6 Å². The highest BCUT2D eigenvalue weighted by Crippen LogP contribution is 2.14. The van der Waals surface area contributed by atoms with E-state index < -0.39 is 0 Å². The summed E-state index contributed by atoms with van der Waals surface area (Å²) in [6.45, 7) is 7.24. The van der Waals surface area contributed by atoms with Crippen molar-refractivity contribution in [3.05, 3.63) is 29.8 Å². The number of nitrogens with zero attached hydrogens (tertiary/aromatic N) is 1. The van der Waals surface area contributed by atoms with Crippen molar-refractivity contribution in [2.75, 3.05) is 39.5 Å². The molecule has 1 atom stereocenters. The third kappa shape index (κ3) is 5.23. The summed E-state index contributed by atoms with van der Waals surface area (Å²) in [5, 5.41) is 2.69. The Kier molecular flexibility index (Phi) is 7.06. The van der Waals surface area contributed by atoms with Gasteiger partial charge in [-0.25, -0.2) is 0 Å². The minimum Gasteiger partial charge on any atom is -0.494 e. The van der Waals surface area contributed by atoms with Gasteiger partial charge < -0.3 is 19.7 Å². The van der Waals surface area contributed by atoms with Gasteiger partial charge in [0.1, 0.15) is 5.75 Å². The first kappa shape index (κ1) is 18.3. The number of carbonyl (C=O) groups excluding carboxylic acids is 2. The molecule has 6 heteroatoms. The number of hydrogen-bond acceptors (Lipinski definition) is 4. The molecule has 24 heavy (non-hydrogen) atoms. The molecular formula is C18H26N2O4. The summed E-state index contributed by atoms with van der Waals surface area (Å²) < 4.78 is 10.7. The smallest absolute Gasteiger partial charge is 0.251 e. The van der Waals surface area contributed by atoms with Crippen LogP contribution in [0, 0.1) is 5.92 Å². The Morgan fingerprint density at radius 3 is 2.62 bits per heavy atom. The number of rotatable bonds is 8. The Morgan fingerprint density at radius 2 is 2.04 bits per heavy atom. The van der Waals surface area contributed by atoms with Crippen molar-refractivity contribution in [3.8, 4) is 5.75 Å². The molecule has 6 nitrogen and oxygen atoms in total. The third-order valence-electron chi connectivity index (χ3n) is 4.06. The Bertz CT molecular complexity index is 538. The summed E-state index contributed by atoms with van der Waals surface area (Å²) in [6.07, 6.45) is 0.988. The molecule has 1 aromatic carbocycles. The van der Waals surface area contributed by atoms with E-state index in [1.165, 1.54) is 0 Å². The van der Waals surface area contributed by atoms with E-state index in [1.807, 2.05) is 13.8 Å². The Morgan fingerprint density at radius 1 is 1.29 bits per heavy atom. The molecule has 0 radical (unpaired) electrons. The van der Waals surface area contributed by atoms with Crippen LogP contribution in [-0.4, -0.2) is 56.2 Å². The van der Waals surface area contributed by atoms with Gasteiger partial charge in [0.2, 0.25) is 5.91 Å². The number of likely N-dealkylation sites (N-methyl/N-ethyl adjacent to an activating group) is 1. The molecule has 1 aliphatic heterocycles. The molecule has 0 aromatic heterocycles. The lowest BCUT2D eigenvalue weighted by Gasteiger charge is -2.23. The van der Waals surface area contributed by atoms with Crippen LogP contribution in [0.4, 0.5) is 0 Å². The zero-order valence-electron chi connectivity index (χ0n) is 14.4. The second-order valence-corrected chi connectivity index (χ2v) is 5.80. The number of hydrogen-bond donors (Lipinski definition) is 1. The van der Waals surface area contributed by atoms with Crippen molar-refractivity contribution in [3.63, 3.8) is 0 Å². The van der Waals surface area contributed by atoms with Gasteiger partial charge in [-0.2, -0.15) is 0 Å². The topological polar surface area (TPSA) is 67.9 Å². The highest BCUT2D eigenvalue weighted by molar-refractivity contribution is 5.96. The molecule has 132 valence electrons. The fraction of sp³-hybridized carbons (Fsp3) is 0.556. The van der Waals surface area contributed by atoms with E-state index in [0.717, 1.165) is 18.8 Å². The fourth-order valence-corrected chi connectivity index (χ4v) is 2.69. The lowest BCUT2D eigenvalue weighted by molar-refractivity contribution is -0.130. The van der Waals surface area contributed by atoms with Crippen LogP contribution in [0.3, 0.4) is 0 Å². The summed E-state index contributed by atoms with van der Waals surface area (Å²) in [7, 11) is 0. The van der Waals surface area contributed by atoms with E-state index in [2.05, 4.69) is 5.32 Å². The van der Waals surface area contributed by atoms with Gasteiger partial charge in [-0.15, -0.1) is 0 Å². The van der Waals surface area contributed by atoms with Crippen LogP contribution < -0.4 is 10.1 Å². The Labute approximate surface area is 143 Å².